The Bertz CT molecular complexity index is 1250. The highest BCUT2D eigenvalue weighted by atomic mass is 16.3. The lowest BCUT2D eigenvalue weighted by Crippen LogP contribution is -2.28. The fourth-order valence-corrected chi connectivity index (χ4v) is 5.53. The number of rotatable bonds is 12. The lowest BCUT2D eigenvalue weighted by molar-refractivity contribution is 0.439. The number of benzene rings is 3. The smallest absolute Gasteiger partial charge is 0.123 e. The van der Waals surface area contributed by atoms with Crippen LogP contribution in [0.5, 0.6) is 11.5 Å². The molecule has 0 bridgehead atoms. The van der Waals surface area contributed by atoms with E-state index in [1.807, 2.05) is 48.6 Å². The Morgan fingerprint density at radius 2 is 0.895 bits per heavy atom. The van der Waals surface area contributed by atoms with Gasteiger partial charge in [-0.25, -0.2) is 0 Å². The Balaban J connectivity index is 2.28. The number of hydrogen-bond donors (Lipinski definition) is 2. The first-order chi connectivity index (χ1) is 18.0. The highest BCUT2D eigenvalue weighted by Gasteiger charge is 2.36. The molecule has 0 saturated heterocycles. The van der Waals surface area contributed by atoms with Crippen LogP contribution in [-0.2, 0) is 36.5 Å². The van der Waals surface area contributed by atoms with Crippen LogP contribution in [0, 0.1) is 0 Å². The van der Waals surface area contributed by atoms with Crippen molar-refractivity contribution in [3.8, 4) is 11.5 Å². The zero-order valence-electron chi connectivity index (χ0n) is 23.5. The van der Waals surface area contributed by atoms with Crippen molar-refractivity contribution in [2.75, 3.05) is 0 Å². The van der Waals surface area contributed by atoms with E-state index < -0.39 is 10.8 Å². The van der Waals surface area contributed by atoms with Crippen molar-refractivity contribution in [1.29, 1.82) is 0 Å². The summed E-state index contributed by atoms with van der Waals surface area (Å²) < 4.78 is 0. The van der Waals surface area contributed by atoms with Gasteiger partial charge < -0.3 is 10.2 Å². The van der Waals surface area contributed by atoms with E-state index in [4.69, 9.17) is 0 Å². The van der Waals surface area contributed by atoms with Gasteiger partial charge in [0.1, 0.15) is 11.5 Å². The van der Waals surface area contributed by atoms with Gasteiger partial charge in [-0.05, 0) is 59.1 Å². The van der Waals surface area contributed by atoms with E-state index in [1.54, 1.807) is 0 Å². The second-order valence-corrected chi connectivity index (χ2v) is 11.1. The topological polar surface area (TPSA) is 40.5 Å². The van der Waals surface area contributed by atoms with Gasteiger partial charge in [-0.3, -0.25) is 0 Å². The van der Waals surface area contributed by atoms with Crippen molar-refractivity contribution in [1.82, 2.24) is 0 Å². The number of hydrogen-bond acceptors (Lipinski definition) is 2. The molecule has 3 aromatic rings. The summed E-state index contributed by atoms with van der Waals surface area (Å²) in [6.45, 7) is 24.2. The Labute approximate surface area is 229 Å². The summed E-state index contributed by atoms with van der Waals surface area (Å²) in [7, 11) is 0. The Hall–Kier alpha value is -3.78. The third-order valence-corrected chi connectivity index (χ3v) is 7.61. The van der Waals surface area contributed by atoms with Gasteiger partial charge in [0.05, 0.1) is 0 Å². The molecule has 0 radical (unpaired) electrons. The molecule has 198 valence electrons. The summed E-state index contributed by atoms with van der Waals surface area (Å²) in [6.07, 6.45) is 10.0. The molecule has 0 spiro atoms. The molecule has 0 saturated carbocycles. The minimum atomic E-state index is -0.524. The monoisotopic (exact) mass is 506 g/mol. The molecular weight excluding hydrogens is 464 g/mol. The van der Waals surface area contributed by atoms with Gasteiger partial charge in [-0.1, -0.05) is 101 Å². The summed E-state index contributed by atoms with van der Waals surface area (Å²) in [4.78, 5) is 0. The van der Waals surface area contributed by atoms with Gasteiger partial charge in [-0.2, -0.15) is 0 Å². The van der Waals surface area contributed by atoms with Gasteiger partial charge >= 0.3 is 0 Å². The molecule has 0 aromatic heterocycles. The van der Waals surface area contributed by atoms with Crippen molar-refractivity contribution in [3.05, 3.63) is 144 Å². The van der Waals surface area contributed by atoms with Gasteiger partial charge in [0.2, 0.25) is 0 Å². The fraction of sp³-hybridized carbons (Fsp3) is 0.278. The van der Waals surface area contributed by atoms with Crippen LogP contribution >= 0.6 is 0 Å². The summed E-state index contributed by atoms with van der Waals surface area (Å²) >= 11 is 0. The molecular formula is C36H42O2. The summed E-state index contributed by atoms with van der Waals surface area (Å²) in [5, 5.41) is 22.8. The Kier molecular flexibility index (Phi) is 8.89. The van der Waals surface area contributed by atoms with Gasteiger partial charge in [0.25, 0.3) is 0 Å². The van der Waals surface area contributed by atoms with E-state index in [0.717, 1.165) is 57.3 Å². The lowest BCUT2D eigenvalue weighted by atomic mass is 9.67. The van der Waals surface area contributed by atoms with Crippen LogP contribution in [-0.4, -0.2) is 10.2 Å². The minimum absolute atomic E-state index is 0.305. The average Bonchev–Trinajstić information content (AvgIpc) is 2.88. The molecule has 0 aliphatic carbocycles. The number of allylic oxidation sites excluding steroid dienone is 4. The summed E-state index contributed by atoms with van der Waals surface area (Å²) in [5.41, 5.74) is 6.83. The molecule has 0 aliphatic rings. The maximum atomic E-state index is 11.4. The molecule has 0 atom stereocenters. The van der Waals surface area contributed by atoms with Crippen LogP contribution in [0.2, 0.25) is 0 Å². The Morgan fingerprint density at radius 3 is 1.21 bits per heavy atom. The van der Waals surface area contributed by atoms with Gasteiger partial charge in [-0.15, -0.1) is 26.3 Å². The van der Waals surface area contributed by atoms with Crippen LogP contribution < -0.4 is 0 Å². The normalized spacial score (nSPS) is 11.7. The van der Waals surface area contributed by atoms with Crippen molar-refractivity contribution in [2.45, 2.75) is 64.2 Å². The van der Waals surface area contributed by atoms with Crippen molar-refractivity contribution >= 4 is 0 Å². The largest absolute Gasteiger partial charge is 0.507 e. The van der Waals surface area contributed by atoms with Crippen molar-refractivity contribution < 1.29 is 10.2 Å². The fourth-order valence-electron chi connectivity index (χ4n) is 5.53. The first-order valence-corrected chi connectivity index (χ1v) is 13.3. The van der Waals surface area contributed by atoms with E-state index in [1.165, 1.54) is 0 Å². The second kappa shape index (κ2) is 11.7. The van der Waals surface area contributed by atoms with E-state index >= 15 is 0 Å². The maximum absolute atomic E-state index is 11.4. The first kappa shape index (κ1) is 28.8. The minimum Gasteiger partial charge on any atom is -0.507 e. The molecule has 2 nitrogen and oxygen atoms in total. The highest BCUT2D eigenvalue weighted by Crippen LogP contribution is 2.47. The van der Waals surface area contributed by atoms with Crippen LogP contribution in [0.25, 0.3) is 0 Å². The van der Waals surface area contributed by atoms with Crippen LogP contribution in [0.1, 0.15) is 72.2 Å². The zero-order chi connectivity index (χ0) is 28.1. The summed E-state index contributed by atoms with van der Waals surface area (Å²) in [5.74, 6) is 0.610. The van der Waals surface area contributed by atoms with Crippen molar-refractivity contribution in [3.63, 3.8) is 0 Å². The van der Waals surface area contributed by atoms with E-state index in [2.05, 4.69) is 78.3 Å². The third kappa shape index (κ3) is 5.55. The lowest BCUT2D eigenvalue weighted by Gasteiger charge is -2.36. The predicted molar refractivity (Wildman–Crippen MR) is 163 cm³/mol. The number of phenolic OH excluding ortho intramolecular Hbond substituents is 2. The van der Waals surface area contributed by atoms with E-state index in [9.17, 15) is 10.2 Å². The highest BCUT2D eigenvalue weighted by molar-refractivity contribution is 5.58. The quantitative estimate of drug-likeness (QED) is 0.241. The van der Waals surface area contributed by atoms with Crippen LogP contribution in [0.3, 0.4) is 0 Å². The SMILES string of the molecule is C=CCc1cc(CC=C)c(O)c(C(C)(C)c2ccccc2C(C)(C)c2cc(CC=C)cc(CC=C)c2O)c1. The van der Waals surface area contributed by atoms with E-state index in [-0.39, 0.29) is 0 Å². The molecule has 2 heteroatoms. The number of aromatic hydroxyl groups is 2. The van der Waals surface area contributed by atoms with E-state index in [0.29, 0.717) is 24.3 Å². The molecule has 0 aliphatic heterocycles. The maximum Gasteiger partial charge on any atom is 0.123 e. The molecule has 3 rings (SSSR count). The Morgan fingerprint density at radius 1 is 0.553 bits per heavy atom. The average molecular weight is 507 g/mol. The predicted octanol–water partition coefficient (Wildman–Crippen LogP) is 8.66. The molecule has 3 aromatic carbocycles. The molecule has 0 fully saturated rings. The van der Waals surface area contributed by atoms with Gasteiger partial charge in [0.15, 0.2) is 0 Å². The number of phenols is 2. The van der Waals surface area contributed by atoms with Crippen LogP contribution in [0.15, 0.2) is 99.2 Å². The van der Waals surface area contributed by atoms with Crippen LogP contribution in [0.4, 0.5) is 0 Å². The molecule has 0 amide bonds. The second-order valence-electron chi connectivity index (χ2n) is 11.1. The molecule has 38 heavy (non-hydrogen) atoms. The molecule has 2 N–H and O–H groups in total. The van der Waals surface area contributed by atoms with Crippen molar-refractivity contribution in [2.24, 2.45) is 0 Å². The van der Waals surface area contributed by atoms with Gasteiger partial charge in [0, 0.05) is 22.0 Å². The summed E-state index contributed by atoms with van der Waals surface area (Å²) in [6, 6.07) is 16.6. The first-order valence-electron chi connectivity index (χ1n) is 13.3. The zero-order valence-corrected chi connectivity index (χ0v) is 23.5. The molecule has 0 unspecified atom stereocenters. The third-order valence-electron chi connectivity index (χ3n) is 7.61. The molecule has 0 heterocycles. The standard InChI is InChI=1S/C36H42O2/c1-9-15-25-21-27(17-11-3)33(37)31(23-25)35(5,6)29-19-13-14-20-30(29)36(7,8)32-24-26(16-10-2)22-28(18-12-4)34(32)38/h9-14,19-24,37-38H,1-4,15-18H2,5-8H3.